The molecule has 0 spiro atoms. The smallest absolute Gasteiger partial charge is 0.184 e. The number of aliphatic hydroxyl groups is 1. The first-order valence-electron chi connectivity index (χ1n) is 5.31. The van der Waals surface area contributed by atoms with E-state index in [1.54, 1.807) is 5.38 Å². The maximum absolute atomic E-state index is 9.90. The molecule has 5 heteroatoms. The quantitative estimate of drug-likeness (QED) is 0.789. The summed E-state index contributed by atoms with van der Waals surface area (Å²) in [7, 11) is 0. The lowest BCUT2D eigenvalue weighted by Crippen LogP contribution is -2.32. The normalized spacial score (nSPS) is 27.3. The van der Waals surface area contributed by atoms with E-state index in [-0.39, 0.29) is 12.1 Å². The zero-order valence-corrected chi connectivity index (χ0v) is 10.0. The van der Waals surface area contributed by atoms with Gasteiger partial charge in [0.1, 0.15) is 5.15 Å². The fourth-order valence-corrected chi connectivity index (χ4v) is 2.84. The van der Waals surface area contributed by atoms with Gasteiger partial charge in [0.15, 0.2) is 5.13 Å². The van der Waals surface area contributed by atoms with Gasteiger partial charge in [-0.1, -0.05) is 30.9 Å². The molecule has 2 rings (SSSR count). The number of nitrogens with zero attached hydrogens (tertiary/aromatic N) is 1. The van der Waals surface area contributed by atoms with Crippen LogP contribution >= 0.6 is 22.9 Å². The van der Waals surface area contributed by atoms with E-state index in [9.17, 15) is 5.11 Å². The summed E-state index contributed by atoms with van der Waals surface area (Å²) in [6.07, 6.45) is 5.16. The van der Waals surface area contributed by atoms with Crippen LogP contribution in [-0.4, -0.2) is 22.2 Å². The lowest BCUT2D eigenvalue weighted by molar-refractivity contribution is 0.144. The Labute approximate surface area is 98.5 Å². The Hall–Kier alpha value is -0.320. The molecule has 1 saturated carbocycles. The van der Waals surface area contributed by atoms with Crippen LogP contribution in [0, 0.1) is 0 Å². The number of rotatable bonds is 2. The predicted octanol–water partition coefficient (Wildman–Crippen LogP) is 2.90. The van der Waals surface area contributed by atoms with Gasteiger partial charge in [0.05, 0.1) is 12.1 Å². The fraction of sp³-hybridized carbons (Fsp3) is 0.700. The molecule has 2 atom stereocenters. The number of nitrogens with one attached hydrogen (secondary N) is 1. The first kappa shape index (κ1) is 11.2. The highest BCUT2D eigenvalue weighted by Gasteiger charge is 2.21. The van der Waals surface area contributed by atoms with Crippen molar-refractivity contribution < 1.29 is 5.11 Å². The fourth-order valence-electron chi connectivity index (χ4n) is 1.94. The molecule has 0 radical (unpaired) electrons. The maximum Gasteiger partial charge on any atom is 0.184 e. The number of hydrogen-bond donors (Lipinski definition) is 2. The highest BCUT2D eigenvalue weighted by atomic mass is 35.5. The molecule has 2 N–H and O–H groups in total. The molecule has 1 heterocycles. The van der Waals surface area contributed by atoms with Crippen molar-refractivity contribution in [2.75, 3.05) is 5.32 Å². The van der Waals surface area contributed by atoms with Gasteiger partial charge in [0.2, 0.25) is 0 Å². The van der Waals surface area contributed by atoms with Gasteiger partial charge < -0.3 is 10.4 Å². The molecule has 1 aromatic heterocycles. The Morgan fingerprint density at radius 3 is 2.93 bits per heavy atom. The van der Waals surface area contributed by atoms with Crippen molar-refractivity contribution in [1.29, 1.82) is 0 Å². The molecule has 15 heavy (non-hydrogen) atoms. The van der Waals surface area contributed by atoms with Gasteiger partial charge in [-0.2, -0.15) is 0 Å². The van der Waals surface area contributed by atoms with Crippen LogP contribution in [0.2, 0.25) is 5.15 Å². The van der Waals surface area contributed by atoms with Crippen LogP contribution in [-0.2, 0) is 0 Å². The van der Waals surface area contributed by atoms with E-state index in [1.165, 1.54) is 24.2 Å². The molecular formula is C10H15ClN2OS. The van der Waals surface area contributed by atoms with Crippen LogP contribution in [0.15, 0.2) is 5.38 Å². The molecule has 84 valence electrons. The minimum Gasteiger partial charge on any atom is -0.391 e. The highest BCUT2D eigenvalue weighted by molar-refractivity contribution is 7.14. The molecule has 3 nitrogen and oxygen atoms in total. The minimum absolute atomic E-state index is 0.134. The highest BCUT2D eigenvalue weighted by Crippen LogP contribution is 2.24. The lowest BCUT2D eigenvalue weighted by atomic mass is 10.1. The maximum atomic E-state index is 9.90. The van der Waals surface area contributed by atoms with Gasteiger partial charge in [-0.25, -0.2) is 4.98 Å². The van der Waals surface area contributed by atoms with Crippen LogP contribution in [0.4, 0.5) is 5.13 Å². The molecule has 1 fully saturated rings. The van der Waals surface area contributed by atoms with Crippen LogP contribution in [0.5, 0.6) is 0 Å². The molecule has 0 saturated heterocycles. The zero-order valence-electron chi connectivity index (χ0n) is 8.45. The summed E-state index contributed by atoms with van der Waals surface area (Å²) < 4.78 is 0. The Balaban J connectivity index is 1.97. The van der Waals surface area contributed by atoms with Crippen molar-refractivity contribution in [3.8, 4) is 0 Å². The van der Waals surface area contributed by atoms with Crippen molar-refractivity contribution >= 4 is 28.1 Å². The van der Waals surface area contributed by atoms with E-state index >= 15 is 0 Å². The van der Waals surface area contributed by atoms with Crippen LogP contribution < -0.4 is 5.32 Å². The molecule has 1 aliphatic carbocycles. The summed E-state index contributed by atoms with van der Waals surface area (Å²) in [6, 6.07) is 0.134. The summed E-state index contributed by atoms with van der Waals surface area (Å²) in [5, 5.41) is 16.3. The number of anilines is 1. The monoisotopic (exact) mass is 246 g/mol. The summed E-state index contributed by atoms with van der Waals surface area (Å²) >= 11 is 7.23. The summed E-state index contributed by atoms with van der Waals surface area (Å²) in [4.78, 5) is 4.13. The molecular weight excluding hydrogens is 232 g/mol. The lowest BCUT2D eigenvalue weighted by Gasteiger charge is -2.20. The molecule has 0 aromatic carbocycles. The molecule has 1 aromatic rings. The van der Waals surface area contributed by atoms with Crippen molar-refractivity contribution in [2.24, 2.45) is 0 Å². The van der Waals surface area contributed by atoms with E-state index in [4.69, 9.17) is 11.6 Å². The molecule has 0 amide bonds. The topological polar surface area (TPSA) is 45.1 Å². The number of aliphatic hydroxyl groups excluding tert-OH is 1. The summed E-state index contributed by atoms with van der Waals surface area (Å²) in [5.41, 5.74) is 0. The summed E-state index contributed by atoms with van der Waals surface area (Å²) in [6.45, 7) is 0. The number of thiazole rings is 1. The van der Waals surface area contributed by atoms with E-state index in [1.807, 2.05) is 0 Å². The molecule has 0 bridgehead atoms. The largest absolute Gasteiger partial charge is 0.391 e. The van der Waals surface area contributed by atoms with E-state index in [0.29, 0.717) is 5.15 Å². The average molecular weight is 247 g/mol. The van der Waals surface area contributed by atoms with Crippen LogP contribution in [0.1, 0.15) is 32.1 Å². The van der Waals surface area contributed by atoms with Gasteiger partial charge >= 0.3 is 0 Å². The van der Waals surface area contributed by atoms with Gasteiger partial charge in [-0.15, -0.1) is 11.3 Å². The first-order valence-corrected chi connectivity index (χ1v) is 6.57. The number of aromatic nitrogens is 1. The van der Waals surface area contributed by atoms with Crippen LogP contribution in [0.3, 0.4) is 0 Å². The van der Waals surface area contributed by atoms with Crippen LogP contribution in [0.25, 0.3) is 0 Å². The second-order valence-electron chi connectivity index (χ2n) is 3.93. The Morgan fingerprint density at radius 1 is 1.40 bits per heavy atom. The van der Waals surface area contributed by atoms with Crippen molar-refractivity contribution in [2.45, 2.75) is 44.2 Å². The minimum atomic E-state index is -0.254. The SMILES string of the molecule is OC1CCCCCC1Nc1nc(Cl)cs1. The average Bonchev–Trinajstić information content (AvgIpc) is 2.50. The van der Waals surface area contributed by atoms with Crippen molar-refractivity contribution in [3.05, 3.63) is 10.5 Å². The first-order chi connectivity index (χ1) is 7.25. The summed E-state index contributed by atoms with van der Waals surface area (Å²) in [5.74, 6) is 0. The third-order valence-electron chi connectivity index (χ3n) is 2.76. The standard InChI is InChI=1S/C10H15ClN2OS/c11-9-6-15-10(13-9)12-7-4-2-1-3-5-8(7)14/h6-8,14H,1-5H2,(H,12,13). The third kappa shape index (κ3) is 3.06. The van der Waals surface area contributed by atoms with E-state index in [0.717, 1.165) is 24.4 Å². The molecule has 1 aliphatic rings. The second kappa shape index (κ2) is 5.14. The third-order valence-corrected chi connectivity index (χ3v) is 3.86. The predicted molar refractivity (Wildman–Crippen MR) is 63.6 cm³/mol. The number of hydrogen-bond acceptors (Lipinski definition) is 4. The molecule has 2 unspecified atom stereocenters. The van der Waals surface area contributed by atoms with Gasteiger partial charge in [0.25, 0.3) is 0 Å². The Bertz CT molecular complexity index is 318. The second-order valence-corrected chi connectivity index (χ2v) is 5.18. The number of halogens is 1. The zero-order chi connectivity index (χ0) is 10.7. The Kier molecular flexibility index (Phi) is 3.83. The van der Waals surface area contributed by atoms with Gasteiger partial charge in [-0.3, -0.25) is 0 Å². The van der Waals surface area contributed by atoms with Gasteiger partial charge in [0, 0.05) is 5.38 Å². The van der Waals surface area contributed by atoms with E-state index < -0.39 is 0 Å². The Morgan fingerprint density at radius 2 is 2.20 bits per heavy atom. The van der Waals surface area contributed by atoms with Crippen molar-refractivity contribution in [3.63, 3.8) is 0 Å². The molecule has 0 aliphatic heterocycles. The van der Waals surface area contributed by atoms with Crippen molar-refractivity contribution in [1.82, 2.24) is 4.98 Å². The van der Waals surface area contributed by atoms with Gasteiger partial charge in [-0.05, 0) is 12.8 Å². The van der Waals surface area contributed by atoms with E-state index in [2.05, 4.69) is 10.3 Å².